The third kappa shape index (κ3) is 16.7. The standard InChI is InChI=1S/C29H49NO11Si/c1-42(2,3)41-25-24-40-23-22-39-21-20-38-19-18-37-17-16-36-15-14-35-13-12-34-11-10-33-9-8-30-28(31)26-6-4-5-7-27(26)29(30)32/h4-7H,8-25H2,1-3H3. The van der Waals surface area contributed by atoms with Crippen LogP contribution in [0.5, 0.6) is 0 Å². The molecule has 0 N–H and O–H groups in total. The van der Waals surface area contributed by atoms with Gasteiger partial charge in [0.2, 0.25) is 0 Å². The van der Waals surface area contributed by atoms with Crippen LogP contribution in [-0.4, -0.2) is 144 Å². The van der Waals surface area contributed by atoms with Gasteiger partial charge in [0, 0.05) is 0 Å². The van der Waals surface area contributed by atoms with Gasteiger partial charge in [-0.1, -0.05) is 12.1 Å². The van der Waals surface area contributed by atoms with Crippen LogP contribution in [0.25, 0.3) is 0 Å². The lowest BCUT2D eigenvalue weighted by atomic mass is 10.1. The molecule has 2 amide bonds. The van der Waals surface area contributed by atoms with Crippen molar-refractivity contribution in [2.75, 3.05) is 119 Å². The molecule has 1 aliphatic rings. The van der Waals surface area contributed by atoms with Crippen molar-refractivity contribution >= 4 is 20.1 Å². The zero-order valence-corrected chi connectivity index (χ0v) is 26.5. The predicted molar refractivity (Wildman–Crippen MR) is 158 cm³/mol. The molecule has 1 heterocycles. The number of benzene rings is 1. The van der Waals surface area contributed by atoms with Crippen molar-refractivity contribution in [1.29, 1.82) is 0 Å². The summed E-state index contributed by atoms with van der Waals surface area (Å²) in [5.41, 5.74) is 0.890. The van der Waals surface area contributed by atoms with Crippen LogP contribution >= 0.6 is 0 Å². The number of nitrogens with zero attached hydrogens (tertiary/aromatic N) is 1. The molecule has 1 aromatic carbocycles. The molecule has 0 radical (unpaired) electrons. The highest BCUT2D eigenvalue weighted by molar-refractivity contribution is 6.69. The molecule has 12 nitrogen and oxygen atoms in total. The molecule has 0 atom stereocenters. The van der Waals surface area contributed by atoms with E-state index in [1.54, 1.807) is 24.3 Å². The van der Waals surface area contributed by atoms with Gasteiger partial charge in [-0.25, -0.2) is 0 Å². The smallest absolute Gasteiger partial charge is 0.261 e. The number of carbonyl (C=O) groups is 2. The summed E-state index contributed by atoms with van der Waals surface area (Å²) in [5.74, 6) is -0.548. The van der Waals surface area contributed by atoms with Gasteiger partial charge in [0.15, 0.2) is 8.32 Å². The molecule has 1 aliphatic heterocycles. The van der Waals surface area contributed by atoms with Crippen molar-refractivity contribution in [1.82, 2.24) is 4.90 Å². The van der Waals surface area contributed by atoms with Crippen LogP contribution < -0.4 is 0 Å². The number of ether oxygens (including phenoxy) is 8. The summed E-state index contributed by atoms with van der Waals surface area (Å²) in [6.45, 7) is 15.0. The van der Waals surface area contributed by atoms with E-state index in [0.29, 0.717) is 117 Å². The molecule has 0 saturated heterocycles. The molecule has 13 heteroatoms. The molecular formula is C29H49NO11Si. The maximum absolute atomic E-state index is 12.3. The number of imide groups is 1. The molecule has 0 unspecified atom stereocenters. The molecule has 0 bridgehead atoms. The minimum Gasteiger partial charge on any atom is -0.415 e. The lowest BCUT2D eigenvalue weighted by molar-refractivity contribution is -0.0238. The Morgan fingerprint density at radius 3 is 1.07 bits per heavy atom. The third-order valence-corrected chi connectivity index (χ3v) is 6.77. The molecule has 2 rings (SSSR count). The highest BCUT2D eigenvalue weighted by atomic mass is 28.4. The van der Waals surface area contributed by atoms with Gasteiger partial charge in [-0.2, -0.15) is 0 Å². The zero-order chi connectivity index (χ0) is 30.3. The SMILES string of the molecule is C[Si](C)(C)OCCOCCOCCOCCOCCOCCOCCOCCOCCN1C(=O)c2ccccc2C1=O. The Kier molecular flexibility index (Phi) is 19.7. The second kappa shape index (κ2) is 22.7. The Morgan fingerprint density at radius 2 is 0.762 bits per heavy atom. The van der Waals surface area contributed by atoms with Gasteiger partial charge in [0.05, 0.1) is 130 Å². The van der Waals surface area contributed by atoms with Gasteiger partial charge in [-0.3, -0.25) is 14.5 Å². The van der Waals surface area contributed by atoms with Crippen molar-refractivity contribution in [3.05, 3.63) is 35.4 Å². The fourth-order valence-electron chi connectivity index (χ4n) is 3.65. The van der Waals surface area contributed by atoms with E-state index >= 15 is 0 Å². The van der Waals surface area contributed by atoms with Crippen molar-refractivity contribution in [3.63, 3.8) is 0 Å². The van der Waals surface area contributed by atoms with E-state index in [0.717, 1.165) is 0 Å². The maximum Gasteiger partial charge on any atom is 0.261 e. The first-order valence-corrected chi connectivity index (χ1v) is 18.0. The van der Waals surface area contributed by atoms with E-state index in [4.69, 9.17) is 42.3 Å². The lowest BCUT2D eigenvalue weighted by Gasteiger charge is -2.16. The molecule has 0 fully saturated rings. The first-order chi connectivity index (χ1) is 20.4. The van der Waals surface area contributed by atoms with Gasteiger partial charge < -0.3 is 42.3 Å². The topological polar surface area (TPSA) is 120 Å². The summed E-state index contributed by atoms with van der Waals surface area (Å²) < 4.78 is 49.4. The average Bonchev–Trinajstić information content (AvgIpc) is 3.21. The van der Waals surface area contributed by atoms with E-state index < -0.39 is 8.32 Å². The van der Waals surface area contributed by atoms with Crippen LogP contribution in [0.1, 0.15) is 20.7 Å². The summed E-state index contributed by atoms with van der Waals surface area (Å²) in [5, 5.41) is 0. The third-order valence-electron chi connectivity index (χ3n) is 5.70. The molecule has 0 spiro atoms. The van der Waals surface area contributed by atoms with E-state index in [9.17, 15) is 9.59 Å². The van der Waals surface area contributed by atoms with Crippen molar-refractivity contribution in [2.24, 2.45) is 0 Å². The minimum atomic E-state index is -1.46. The maximum atomic E-state index is 12.3. The largest absolute Gasteiger partial charge is 0.415 e. The Bertz CT molecular complexity index is 833. The Labute approximate surface area is 250 Å². The van der Waals surface area contributed by atoms with Gasteiger partial charge in [0.1, 0.15) is 0 Å². The van der Waals surface area contributed by atoms with Crippen molar-refractivity contribution in [3.8, 4) is 0 Å². The van der Waals surface area contributed by atoms with Crippen LogP contribution in [0.3, 0.4) is 0 Å². The van der Waals surface area contributed by atoms with E-state index in [1.165, 1.54) is 4.90 Å². The highest BCUT2D eigenvalue weighted by Gasteiger charge is 2.34. The Hall–Kier alpha value is -1.78. The molecule has 42 heavy (non-hydrogen) atoms. The van der Waals surface area contributed by atoms with Gasteiger partial charge in [-0.15, -0.1) is 0 Å². The van der Waals surface area contributed by atoms with Crippen LogP contribution in [0.4, 0.5) is 0 Å². The van der Waals surface area contributed by atoms with Gasteiger partial charge >= 0.3 is 0 Å². The van der Waals surface area contributed by atoms with Crippen molar-refractivity contribution < 1.29 is 51.9 Å². The second-order valence-corrected chi connectivity index (χ2v) is 14.7. The Balaban J connectivity index is 1.22. The van der Waals surface area contributed by atoms with E-state index in [-0.39, 0.29) is 25.0 Å². The number of amides is 2. The Morgan fingerprint density at radius 1 is 0.476 bits per heavy atom. The monoisotopic (exact) mass is 615 g/mol. The molecular weight excluding hydrogens is 566 g/mol. The number of rotatable bonds is 28. The van der Waals surface area contributed by atoms with Crippen molar-refractivity contribution in [2.45, 2.75) is 19.6 Å². The van der Waals surface area contributed by atoms with Crippen LogP contribution in [0.15, 0.2) is 24.3 Å². The van der Waals surface area contributed by atoms with Gasteiger partial charge in [-0.05, 0) is 31.8 Å². The summed E-state index contributed by atoms with van der Waals surface area (Å²) >= 11 is 0. The lowest BCUT2D eigenvalue weighted by Crippen LogP contribution is -2.33. The molecule has 240 valence electrons. The summed E-state index contributed by atoms with van der Waals surface area (Å²) in [4.78, 5) is 25.8. The van der Waals surface area contributed by atoms with Gasteiger partial charge in [0.25, 0.3) is 11.8 Å². The minimum absolute atomic E-state index is 0.219. The molecule has 0 aliphatic carbocycles. The fourth-order valence-corrected chi connectivity index (χ4v) is 4.34. The quantitative estimate of drug-likeness (QED) is 0.0784. The highest BCUT2D eigenvalue weighted by Crippen LogP contribution is 2.21. The number of hydrogen-bond donors (Lipinski definition) is 0. The van der Waals surface area contributed by atoms with Crippen LogP contribution in [0, 0.1) is 0 Å². The van der Waals surface area contributed by atoms with Crippen LogP contribution in [0.2, 0.25) is 19.6 Å². The zero-order valence-electron chi connectivity index (χ0n) is 25.5. The second-order valence-electron chi connectivity index (χ2n) is 10.2. The predicted octanol–water partition coefficient (Wildman–Crippen LogP) is 2.27. The van der Waals surface area contributed by atoms with E-state index in [1.807, 2.05) is 0 Å². The molecule has 0 saturated carbocycles. The number of fused-ring (bicyclic) bond motifs is 1. The average molecular weight is 616 g/mol. The van der Waals surface area contributed by atoms with E-state index in [2.05, 4.69) is 19.6 Å². The molecule has 1 aromatic rings. The van der Waals surface area contributed by atoms with Crippen LogP contribution in [-0.2, 0) is 42.3 Å². The normalized spacial score (nSPS) is 13.4. The molecule has 0 aromatic heterocycles. The number of hydrogen-bond acceptors (Lipinski definition) is 11. The summed E-state index contributed by atoms with van der Waals surface area (Å²) in [6, 6.07) is 6.82. The number of carbonyl (C=O) groups excluding carboxylic acids is 2. The first-order valence-electron chi connectivity index (χ1n) is 14.6. The summed E-state index contributed by atoms with van der Waals surface area (Å²) in [6.07, 6.45) is 0. The first kappa shape index (κ1) is 36.4. The summed E-state index contributed by atoms with van der Waals surface area (Å²) in [7, 11) is -1.46. The fraction of sp³-hybridized carbons (Fsp3) is 0.724.